The summed E-state index contributed by atoms with van der Waals surface area (Å²) in [5.41, 5.74) is 4.09. The Bertz CT molecular complexity index is 998. The molecule has 2 aromatic carbocycles. The number of nitrogens with one attached hydrogen (secondary N) is 2. The van der Waals surface area contributed by atoms with Crippen LogP contribution in [-0.4, -0.2) is 18.2 Å². The van der Waals surface area contributed by atoms with Crippen LogP contribution in [0.15, 0.2) is 60.7 Å². The fourth-order valence-corrected chi connectivity index (χ4v) is 4.59. The third-order valence-corrected chi connectivity index (χ3v) is 6.10. The third-order valence-electron chi connectivity index (χ3n) is 4.83. The van der Waals surface area contributed by atoms with Gasteiger partial charge in [0.05, 0.1) is 18.7 Å². The number of esters is 1. The van der Waals surface area contributed by atoms with E-state index in [4.69, 9.17) is 17.0 Å². The number of carbonyl (C=O) groups excluding carboxylic acids is 1. The lowest BCUT2D eigenvalue weighted by molar-refractivity contribution is 0.0602. The Hall–Kier alpha value is -2.70. The zero-order valence-electron chi connectivity index (χ0n) is 17.4. The van der Waals surface area contributed by atoms with Crippen LogP contribution < -0.4 is 10.6 Å². The Labute approximate surface area is 187 Å². The third kappa shape index (κ3) is 5.68. The summed E-state index contributed by atoms with van der Waals surface area (Å²) in [6, 6.07) is 20.6. The number of hydrogen-bond acceptors (Lipinski definition) is 4. The number of benzene rings is 2. The highest BCUT2D eigenvalue weighted by atomic mass is 32.1. The summed E-state index contributed by atoms with van der Waals surface area (Å²) in [4.78, 5) is 13.4. The summed E-state index contributed by atoms with van der Waals surface area (Å²) < 4.78 is 4.97. The molecular formula is C24H26N2O2S2. The van der Waals surface area contributed by atoms with Crippen LogP contribution in [0, 0.1) is 6.92 Å². The highest BCUT2D eigenvalue weighted by Crippen LogP contribution is 2.31. The van der Waals surface area contributed by atoms with Crippen molar-refractivity contribution < 1.29 is 9.53 Å². The molecule has 2 N–H and O–H groups in total. The normalized spacial score (nSPS) is 11.6. The van der Waals surface area contributed by atoms with E-state index in [1.165, 1.54) is 35.1 Å². The topological polar surface area (TPSA) is 50.4 Å². The summed E-state index contributed by atoms with van der Waals surface area (Å²) in [5, 5.41) is 7.77. The molecule has 4 nitrogen and oxygen atoms in total. The summed E-state index contributed by atoms with van der Waals surface area (Å²) in [6.45, 7) is 4.19. The van der Waals surface area contributed by atoms with Crippen LogP contribution in [0.5, 0.6) is 0 Å². The molecule has 1 heterocycles. The maximum absolute atomic E-state index is 12.3. The first-order valence-electron chi connectivity index (χ1n) is 9.89. The Morgan fingerprint density at radius 2 is 1.83 bits per heavy atom. The van der Waals surface area contributed by atoms with Gasteiger partial charge in [-0.05, 0) is 42.8 Å². The van der Waals surface area contributed by atoms with Gasteiger partial charge in [0.25, 0.3) is 0 Å². The van der Waals surface area contributed by atoms with Crippen LogP contribution in [0.4, 0.5) is 5.00 Å². The molecule has 0 bridgehead atoms. The van der Waals surface area contributed by atoms with E-state index in [1.807, 2.05) is 24.3 Å². The quantitative estimate of drug-likeness (QED) is 0.357. The molecule has 0 aliphatic heterocycles. The van der Waals surface area contributed by atoms with E-state index in [9.17, 15) is 4.79 Å². The lowest BCUT2D eigenvalue weighted by atomic mass is 10.0. The van der Waals surface area contributed by atoms with Gasteiger partial charge < -0.3 is 15.4 Å². The molecule has 156 valence electrons. The molecule has 3 rings (SSSR count). The van der Waals surface area contributed by atoms with E-state index in [0.717, 1.165) is 17.7 Å². The second-order valence-corrected chi connectivity index (χ2v) is 8.62. The monoisotopic (exact) mass is 438 g/mol. The van der Waals surface area contributed by atoms with E-state index in [-0.39, 0.29) is 12.0 Å². The largest absolute Gasteiger partial charge is 0.465 e. The first-order valence-corrected chi connectivity index (χ1v) is 11.1. The van der Waals surface area contributed by atoms with Crippen molar-refractivity contribution in [3.63, 3.8) is 0 Å². The molecule has 0 saturated carbocycles. The van der Waals surface area contributed by atoms with Crippen LogP contribution in [0.1, 0.15) is 51.3 Å². The average Bonchev–Trinajstić information content (AvgIpc) is 3.14. The average molecular weight is 439 g/mol. The minimum absolute atomic E-state index is 0.0935. The number of rotatable bonds is 7. The van der Waals surface area contributed by atoms with Crippen LogP contribution in [0.2, 0.25) is 0 Å². The van der Waals surface area contributed by atoms with Gasteiger partial charge in [-0.2, -0.15) is 0 Å². The summed E-state index contributed by atoms with van der Waals surface area (Å²) >= 11 is 7.08. The van der Waals surface area contributed by atoms with E-state index < -0.39 is 0 Å². The minimum Gasteiger partial charge on any atom is -0.465 e. The maximum atomic E-state index is 12.3. The van der Waals surface area contributed by atoms with Gasteiger partial charge in [0.15, 0.2) is 5.11 Å². The zero-order chi connectivity index (χ0) is 21.5. The molecule has 0 radical (unpaired) electrons. The molecule has 0 aliphatic rings. The van der Waals surface area contributed by atoms with Crippen molar-refractivity contribution in [3.8, 4) is 0 Å². The van der Waals surface area contributed by atoms with Gasteiger partial charge >= 0.3 is 5.97 Å². The summed E-state index contributed by atoms with van der Waals surface area (Å²) in [6.07, 6.45) is 1.64. The Morgan fingerprint density at radius 1 is 1.13 bits per heavy atom. The molecule has 0 spiro atoms. The number of thiophene rings is 1. The molecular weight excluding hydrogens is 412 g/mol. The van der Waals surface area contributed by atoms with Gasteiger partial charge in [-0.25, -0.2) is 4.79 Å². The highest BCUT2D eigenvalue weighted by molar-refractivity contribution is 7.80. The second-order valence-electron chi connectivity index (χ2n) is 7.08. The molecule has 30 heavy (non-hydrogen) atoms. The molecule has 0 amide bonds. The van der Waals surface area contributed by atoms with Crippen molar-refractivity contribution in [2.75, 3.05) is 12.4 Å². The molecule has 1 aromatic heterocycles. The van der Waals surface area contributed by atoms with Gasteiger partial charge in [-0.3, -0.25) is 0 Å². The summed E-state index contributed by atoms with van der Waals surface area (Å²) in [5.74, 6) is -0.374. The lowest BCUT2D eigenvalue weighted by Crippen LogP contribution is -2.32. The lowest BCUT2D eigenvalue weighted by Gasteiger charge is -2.20. The van der Waals surface area contributed by atoms with E-state index in [1.54, 1.807) is 0 Å². The number of anilines is 1. The van der Waals surface area contributed by atoms with Crippen LogP contribution in [0.25, 0.3) is 0 Å². The van der Waals surface area contributed by atoms with Crippen molar-refractivity contribution in [2.45, 2.75) is 32.7 Å². The van der Waals surface area contributed by atoms with Gasteiger partial charge in [0.1, 0.15) is 5.00 Å². The van der Waals surface area contributed by atoms with E-state index in [0.29, 0.717) is 15.7 Å². The van der Waals surface area contributed by atoms with E-state index in [2.05, 4.69) is 60.9 Å². The smallest absolute Gasteiger partial charge is 0.340 e. The second kappa shape index (κ2) is 10.4. The fourth-order valence-electron chi connectivity index (χ4n) is 3.20. The predicted octanol–water partition coefficient (Wildman–Crippen LogP) is 5.87. The minimum atomic E-state index is -0.374. The van der Waals surface area contributed by atoms with Gasteiger partial charge in [0.2, 0.25) is 0 Å². The Morgan fingerprint density at radius 3 is 2.47 bits per heavy atom. The standard InChI is InChI=1S/C24H26N2O2S2/c1-4-21(18-12-10-16(2)11-13-18)25-24(29)26-22-20(23(27)28-3)15-19(30-22)14-17-8-6-5-7-9-17/h5-13,15,21H,4,14H2,1-3H3,(H2,25,26,29). The van der Waals surface area contributed by atoms with Crippen molar-refractivity contribution >= 4 is 39.6 Å². The number of thiocarbonyl (C=S) groups is 1. The van der Waals surface area contributed by atoms with Crippen molar-refractivity contribution in [1.29, 1.82) is 0 Å². The van der Waals surface area contributed by atoms with Crippen LogP contribution in [-0.2, 0) is 11.2 Å². The van der Waals surface area contributed by atoms with E-state index >= 15 is 0 Å². The Balaban J connectivity index is 1.75. The van der Waals surface area contributed by atoms with Gasteiger partial charge in [-0.15, -0.1) is 11.3 Å². The number of aryl methyl sites for hydroxylation is 1. The number of hydrogen-bond donors (Lipinski definition) is 2. The SMILES string of the molecule is CCC(NC(=S)Nc1sc(Cc2ccccc2)cc1C(=O)OC)c1ccc(C)cc1. The summed E-state index contributed by atoms with van der Waals surface area (Å²) in [7, 11) is 1.39. The van der Waals surface area contributed by atoms with Crippen molar-refractivity contribution in [3.05, 3.63) is 87.8 Å². The zero-order valence-corrected chi connectivity index (χ0v) is 19.0. The Kier molecular flexibility index (Phi) is 7.60. The predicted molar refractivity (Wildman–Crippen MR) is 128 cm³/mol. The highest BCUT2D eigenvalue weighted by Gasteiger charge is 2.19. The molecule has 0 fully saturated rings. The number of ether oxygens (including phenoxy) is 1. The van der Waals surface area contributed by atoms with Crippen LogP contribution in [0.3, 0.4) is 0 Å². The molecule has 1 unspecified atom stereocenters. The van der Waals surface area contributed by atoms with Gasteiger partial charge in [0, 0.05) is 11.3 Å². The first-order chi connectivity index (χ1) is 14.5. The molecule has 1 atom stereocenters. The van der Waals surface area contributed by atoms with Crippen molar-refractivity contribution in [2.24, 2.45) is 0 Å². The van der Waals surface area contributed by atoms with Crippen LogP contribution >= 0.6 is 23.6 Å². The van der Waals surface area contributed by atoms with Gasteiger partial charge in [-0.1, -0.05) is 67.1 Å². The first kappa shape index (κ1) is 22.0. The van der Waals surface area contributed by atoms with Crippen molar-refractivity contribution in [1.82, 2.24) is 5.32 Å². The molecule has 3 aromatic rings. The number of carbonyl (C=O) groups is 1. The number of methoxy groups -OCH3 is 1. The molecule has 0 aliphatic carbocycles. The molecule has 6 heteroatoms. The maximum Gasteiger partial charge on any atom is 0.340 e. The fraction of sp³-hybridized carbons (Fsp3) is 0.250. The molecule has 0 saturated heterocycles.